The first-order valence-electron chi connectivity index (χ1n) is 8.02. The molecular formula is C18H15ClN4O5. The van der Waals surface area contributed by atoms with E-state index in [0.29, 0.717) is 16.5 Å². The number of amides is 1. The van der Waals surface area contributed by atoms with Crippen molar-refractivity contribution in [1.82, 2.24) is 9.78 Å². The molecule has 0 aliphatic rings. The van der Waals surface area contributed by atoms with Gasteiger partial charge >= 0.3 is 0 Å². The van der Waals surface area contributed by atoms with Crippen LogP contribution in [0.5, 0.6) is 11.5 Å². The first-order valence-corrected chi connectivity index (χ1v) is 8.39. The van der Waals surface area contributed by atoms with E-state index in [1.165, 1.54) is 42.3 Å². The van der Waals surface area contributed by atoms with Gasteiger partial charge in [-0.15, -0.1) is 0 Å². The van der Waals surface area contributed by atoms with E-state index in [9.17, 15) is 14.9 Å². The molecule has 144 valence electrons. The van der Waals surface area contributed by atoms with Gasteiger partial charge in [0.15, 0.2) is 6.73 Å². The van der Waals surface area contributed by atoms with Crippen molar-refractivity contribution >= 4 is 28.9 Å². The molecule has 0 atom stereocenters. The second-order valence-corrected chi connectivity index (χ2v) is 5.97. The molecule has 1 heterocycles. The molecular weight excluding hydrogens is 388 g/mol. The molecule has 0 saturated heterocycles. The second kappa shape index (κ2) is 8.40. The number of aromatic nitrogens is 2. The van der Waals surface area contributed by atoms with E-state index in [0.717, 1.165) is 0 Å². The van der Waals surface area contributed by atoms with Gasteiger partial charge in [-0.25, -0.2) is 4.68 Å². The summed E-state index contributed by atoms with van der Waals surface area (Å²) >= 11 is 5.83. The molecule has 1 aromatic heterocycles. The third-order valence-electron chi connectivity index (χ3n) is 3.77. The van der Waals surface area contributed by atoms with Gasteiger partial charge in [-0.1, -0.05) is 11.6 Å². The Hall–Kier alpha value is -3.59. The number of rotatable bonds is 7. The summed E-state index contributed by atoms with van der Waals surface area (Å²) in [6.45, 7) is -0.0257. The Labute approximate surface area is 164 Å². The monoisotopic (exact) mass is 402 g/mol. The molecule has 0 radical (unpaired) electrons. The van der Waals surface area contributed by atoms with Gasteiger partial charge in [0.2, 0.25) is 0 Å². The number of methoxy groups -OCH3 is 1. The molecule has 10 heteroatoms. The number of hydrogen-bond donors (Lipinski definition) is 1. The Morgan fingerprint density at radius 1 is 1.21 bits per heavy atom. The molecule has 0 bridgehead atoms. The number of nitro benzene ring substituents is 1. The Balaban J connectivity index is 1.75. The lowest BCUT2D eigenvalue weighted by atomic mass is 10.2. The van der Waals surface area contributed by atoms with Gasteiger partial charge in [0.25, 0.3) is 11.6 Å². The smallest absolute Gasteiger partial charge is 0.296 e. The summed E-state index contributed by atoms with van der Waals surface area (Å²) in [7, 11) is 1.40. The van der Waals surface area contributed by atoms with Crippen LogP contribution < -0.4 is 14.8 Å². The zero-order valence-electron chi connectivity index (χ0n) is 14.7. The third-order valence-corrected chi connectivity index (χ3v) is 4.02. The molecule has 0 aliphatic carbocycles. The SMILES string of the molecule is COc1ccc(NC(=O)c2ccnn2COc2ccc(Cl)cc2)c([N+](=O)[O-])c1. The van der Waals surface area contributed by atoms with Gasteiger partial charge in [0, 0.05) is 11.2 Å². The van der Waals surface area contributed by atoms with Crippen molar-refractivity contribution in [3.05, 3.63) is 75.6 Å². The van der Waals surface area contributed by atoms with Crippen LogP contribution in [0.1, 0.15) is 10.5 Å². The number of nitrogens with zero attached hydrogens (tertiary/aromatic N) is 3. The molecule has 9 nitrogen and oxygen atoms in total. The van der Waals surface area contributed by atoms with Gasteiger partial charge in [-0.2, -0.15) is 5.10 Å². The van der Waals surface area contributed by atoms with Crippen LogP contribution in [0.4, 0.5) is 11.4 Å². The van der Waals surface area contributed by atoms with E-state index in [-0.39, 0.29) is 23.8 Å². The number of benzene rings is 2. The normalized spacial score (nSPS) is 10.4. The van der Waals surface area contributed by atoms with Crippen LogP contribution in [0.15, 0.2) is 54.7 Å². The average molecular weight is 403 g/mol. The molecule has 0 aliphatic heterocycles. The molecule has 0 saturated carbocycles. The summed E-state index contributed by atoms with van der Waals surface area (Å²) in [5.41, 5.74) is -0.0579. The predicted octanol–water partition coefficient (Wildman–Crippen LogP) is 3.74. The minimum absolute atomic E-state index is 0.0257. The van der Waals surface area contributed by atoms with E-state index in [1.54, 1.807) is 24.3 Å². The van der Waals surface area contributed by atoms with Crippen LogP contribution in [-0.2, 0) is 6.73 Å². The van der Waals surface area contributed by atoms with Crippen LogP contribution >= 0.6 is 11.6 Å². The van der Waals surface area contributed by atoms with E-state index in [2.05, 4.69) is 10.4 Å². The number of halogens is 1. The maximum Gasteiger partial charge on any atom is 0.296 e. The molecule has 3 aromatic rings. The van der Waals surface area contributed by atoms with Crippen molar-refractivity contribution in [3.8, 4) is 11.5 Å². The fraction of sp³-hybridized carbons (Fsp3) is 0.111. The van der Waals surface area contributed by atoms with Gasteiger partial charge in [0.1, 0.15) is 22.9 Å². The number of anilines is 1. The fourth-order valence-corrected chi connectivity index (χ4v) is 2.50. The highest BCUT2D eigenvalue weighted by Gasteiger charge is 2.20. The first-order chi connectivity index (χ1) is 13.5. The van der Waals surface area contributed by atoms with E-state index in [1.807, 2.05) is 0 Å². The van der Waals surface area contributed by atoms with E-state index in [4.69, 9.17) is 21.1 Å². The standard InChI is InChI=1S/C18H15ClN4O5/c1-27-14-6-7-15(17(10-14)23(25)26)21-18(24)16-8-9-20-22(16)11-28-13-4-2-12(19)3-5-13/h2-10H,11H2,1H3,(H,21,24). The zero-order valence-corrected chi connectivity index (χ0v) is 15.4. The predicted molar refractivity (Wildman–Crippen MR) is 102 cm³/mol. The van der Waals surface area contributed by atoms with Gasteiger partial charge < -0.3 is 14.8 Å². The summed E-state index contributed by atoms with van der Waals surface area (Å²) in [6.07, 6.45) is 1.43. The Morgan fingerprint density at radius 2 is 1.93 bits per heavy atom. The van der Waals surface area contributed by atoms with E-state index >= 15 is 0 Å². The summed E-state index contributed by atoms with van der Waals surface area (Å²) < 4.78 is 11.9. The number of nitro groups is 1. The second-order valence-electron chi connectivity index (χ2n) is 5.54. The largest absolute Gasteiger partial charge is 0.496 e. The van der Waals surface area contributed by atoms with Gasteiger partial charge in [0.05, 0.1) is 18.1 Å². The van der Waals surface area contributed by atoms with Crippen molar-refractivity contribution in [2.24, 2.45) is 0 Å². The number of ether oxygens (including phenoxy) is 2. The van der Waals surface area contributed by atoms with Crippen LogP contribution in [0, 0.1) is 10.1 Å². The number of nitrogens with one attached hydrogen (secondary N) is 1. The topological polar surface area (TPSA) is 109 Å². The van der Waals surface area contributed by atoms with Gasteiger partial charge in [-0.3, -0.25) is 14.9 Å². The fourth-order valence-electron chi connectivity index (χ4n) is 2.38. The lowest BCUT2D eigenvalue weighted by Gasteiger charge is -2.11. The molecule has 0 unspecified atom stereocenters. The number of hydrogen-bond acceptors (Lipinski definition) is 6. The molecule has 0 fully saturated rings. The third kappa shape index (κ3) is 4.38. The lowest BCUT2D eigenvalue weighted by molar-refractivity contribution is -0.384. The molecule has 3 rings (SSSR count). The van der Waals surface area contributed by atoms with Crippen molar-refractivity contribution in [3.63, 3.8) is 0 Å². The van der Waals surface area contributed by atoms with Crippen LogP contribution in [0.3, 0.4) is 0 Å². The molecule has 2 aromatic carbocycles. The Kier molecular flexibility index (Phi) is 5.75. The van der Waals surface area contributed by atoms with Gasteiger partial charge in [-0.05, 0) is 42.5 Å². The van der Waals surface area contributed by atoms with Crippen molar-refractivity contribution in [1.29, 1.82) is 0 Å². The molecule has 1 N–H and O–H groups in total. The van der Waals surface area contributed by atoms with Crippen LogP contribution in [-0.4, -0.2) is 27.7 Å². The lowest BCUT2D eigenvalue weighted by Crippen LogP contribution is -2.20. The van der Waals surface area contributed by atoms with Crippen LogP contribution in [0.2, 0.25) is 5.02 Å². The molecule has 28 heavy (non-hydrogen) atoms. The Morgan fingerprint density at radius 3 is 2.61 bits per heavy atom. The van der Waals surface area contributed by atoms with Crippen molar-refractivity contribution in [2.45, 2.75) is 6.73 Å². The highest BCUT2D eigenvalue weighted by Crippen LogP contribution is 2.29. The highest BCUT2D eigenvalue weighted by atomic mass is 35.5. The van der Waals surface area contributed by atoms with E-state index < -0.39 is 10.8 Å². The first kappa shape index (κ1) is 19.2. The summed E-state index contributed by atoms with van der Waals surface area (Å²) in [5.74, 6) is 0.300. The van der Waals surface area contributed by atoms with Crippen molar-refractivity contribution < 1.29 is 19.2 Å². The summed E-state index contributed by atoms with van der Waals surface area (Å²) in [6, 6.07) is 12.4. The number of carbonyl (C=O) groups excluding carboxylic acids is 1. The summed E-state index contributed by atoms with van der Waals surface area (Å²) in [5, 5.41) is 18.4. The zero-order chi connectivity index (χ0) is 20.1. The molecule has 0 spiro atoms. The summed E-state index contributed by atoms with van der Waals surface area (Å²) in [4.78, 5) is 23.2. The molecule has 1 amide bonds. The minimum Gasteiger partial charge on any atom is -0.496 e. The maximum absolute atomic E-state index is 12.6. The Bertz CT molecular complexity index is 1000. The van der Waals surface area contributed by atoms with Crippen molar-refractivity contribution in [2.75, 3.05) is 12.4 Å². The maximum atomic E-state index is 12.6. The van der Waals surface area contributed by atoms with Crippen LogP contribution in [0.25, 0.3) is 0 Å². The minimum atomic E-state index is -0.598. The quantitative estimate of drug-likeness (QED) is 0.476. The highest BCUT2D eigenvalue weighted by molar-refractivity contribution is 6.30. The number of carbonyl (C=O) groups is 1. The average Bonchev–Trinajstić information content (AvgIpc) is 3.16.